The third kappa shape index (κ3) is 4.59. The van der Waals surface area contributed by atoms with Gasteiger partial charge in [-0.2, -0.15) is 0 Å². The Morgan fingerprint density at radius 1 is 0.957 bits per heavy atom. The maximum Gasteiger partial charge on any atom is 0.120 e. The lowest BCUT2D eigenvalue weighted by molar-refractivity contribution is 0.103. The van der Waals surface area contributed by atoms with Gasteiger partial charge in [0.25, 0.3) is 0 Å². The van der Waals surface area contributed by atoms with Crippen LogP contribution in [0.2, 0.25) is 0 Å². The molecule has 2 rings (SSSR count). The summed E-state index contributed by atoms with van der Waals surface area (Å²) in [6.07, 6.45) is 1.59. The summed E-state index contributed by atoms with van der Waals surface area (Å²) in [5, 5.41) is 10.5. The molecule has 0 aliphatic rings. The minimum atomic E-state index is -0.392. The lowest BCUT2D eigenvalue weighted by atomic mass is 9.89. The molecule has 0 saturated heterocycles. The first kappa shape index (κ1) is 17.6. The second-order valence-corrected chi connectivity index (χ2v) is 6.31. The number of aliphatic hydroxyl groups is 1. The third-order valence-corrected chi connectivity index (χ3v) is 4.58. The number of aryl methyl sites for hydroxylation is 2. The summed E-state index contributed by atoms with van der Waals surface area (Å²) in [4.78, 5) is 0. The van der Waals surface area contributed by atoms with Crippen LogP contribution in [0.1, 0.15) is 55.0 Å². The summed E-state index contributed by atoms with van der Waals surface area (Å²) in [6, 6.07) is 14.4. The number of aliphatic hydroxyl groups excluding tert-OH is 1. The van der Waals surface area contributed by atoms with Gasteiger partial charge in [0, 0.05) is 0 Å². The van der Waals surface area contributed by atoms with E-state index in [9.17, 15) is 5.11 Å². The van der Waals surface area contributed by atoms with Crippen LogP contribution in [-0.2, 0) is 6.61 Å². The molecule has 23 heavy (non-hydrogen) atoms. The highest BCUT2D eigenvalue weighted by molar-refractivity contribution is 5.36. The van der Waals surface area contributed by atoms with Gasteiger partial charge >= 0.3 is 0 Å². The summed E-state index contributed by atoms with van der Waals surface area (Å²) in [6.45, 7) is 8.95. The molecule has 0 aromatic heterocycles. The molecule has 1 unspecified atom stereocenters. The van der Waals surface area contributed by atoms with Gasteiger partial charge in [0.15, 0.2) is 0 Å². The molecule has 1 N–H and O–H groups in total. The maximum atomic E-state index is 10.5. The van der Waals surface area contributed by atoms with E-state index in [2.05, 4.69) is 45.0 Å². The number of hydrogen-bond donors (Lipinski definition) is 1. The van der Waals surface area contributed by atoms with Gasteiger partial charge in [-0.1, -0.05) is 62.6 Å². The average Bonchev–Trinajstić information content (AvgIpc) is 2.55. The Hall–Kier alpha value is -1.80. The van der Waals surface area contributed by atoms with Gasteiger partial charge in [-0.05, 0) is 48.6 Å². The van der Waals surface area contributed by atoms with E-state index in [0.717, 1.165) is 35.3 Å². The zero-order valence-electron chi connectivity index (χ0n) is 14.7. The fraction of sp³-hybridized carbons (Fsp3) is 0.429. The van der Waals surface area contributed by atoms with Crippen LogP contribution in [0.15, 0.2) is 42.5 Å². The van der Waals surface area contributed by atoms with Crippen LogP contribution in [0, 0.1) is 19.8 Å². The highest BCUT2D eigenvalue weighted by Crippen LogP contribution is 2.31. The predicted octanol–water partition coefficient (Wildman–Crippen LogP) is 5.35. The van der Waals surface area contributed by atoms with E-state index in [-0.39, 0.29) is 0 Å². The van der Waals surface area contributed by atoms with Gasteiger partial charge < -0.3 is 9.84 Å². The van der Waals surface area contributed by atoms with E-state index < -0.39 is 6.10 Å². The van der Waals surface area contributed by atoms with Gasteiger partial charge in [0.1, 0.15) is 12.4 Å². The van der Waals surface area contributed by atoms with Crippen molar-refractivity contribution in [3.63, 3.8) is 0 Å². The molecule has 0 bridgehead atoms. The fourth-order valence-electron chi connectivity index (χ4n) is 2.91. The van der Waals surface area contributed by atoms with Crippen molar-refractivity contribution in [3.8, 4) is 5.75 Å². The van der Waals surface area contributed by atoms with Crippen LogP contribution in [0.3, 0.4) is 0 Å². The smallest absolute Gasteiger partial charge is 0.120 e. The summed E-state index contributed by atoms with van der Waals surface area (Å²) in [5.74, 6) is 1.16. The summed E-state index contributed by atoms with van der Waals surface area (Å²) >= 11 is 0. The molecule has 0 amide bonds. The first-order valence-electron chi connectivity index (χ1n) is 8.52. The molecular formula is C21H28O2. The second kappa shape index (κ2) is 8.16. The Balaban J connectivity index is 2.05. The normalized spacial score (nSPS) is 12.4. The maximum absolute atomic E-state index is 10.5. The van der Waals surface area contributed by atoms with E-state index in [1.165, 1.54) is 5.56 Å². The molecule has 1 atom stereocenters. The van der Waals surface area contributed by atoms with Gasteiger partial charge in [-0.15, -0.1) is 0 Å². The summed E-state index contributed by atoms with van der Waals surface area (Å²) in [7, 11) is 0. The van der Waals surface area contributed by atoms with Crippen LogP contribution in [0.25, 0.3) is 0 Å². The molecule has 2 heteroatoms. The van der Waals surface area contributed by atoms with Crippen molar-refractivity contribution in [1.29, 1.82) is 0 Å². The van der Waals surface area contributed by atoms with E-state index in [1.807, 2.05) is 25.1 Å². The van der Waals surface area contributed by atoms with Gasteiger partial charge in [-0.25, -0.2) is 0 Å². The molecular weight excluding hydrogens is 284 g/mol. The lowest BCUT2D eigenvalue weighted by Gasteiger charge is -2.22. The molecule has 0 fully saturated rings. The van der Waals surface area contributed by atoms with E-state index >= 15 is 0 Å². The molecule has 0 saturated carbocycles. The van der Waals surface area contributed by atoms with Crippen LogP contribution in [0.4, 0.5) is 0 Å². The number of ether oxygens (including phenoxy) is 1. The first-order valence-corrected chi connectivity index (χ1v) is 8.52. The molecule has 2 aromatic rings. The van der Waals surface area contributed by atoms with Crippen molar-refractivity contribution < 1.29 is 9.84 Å². The number of hydrogen-bond acceptors (Lipinski definition) is 2. The van der Waals surface area contributed by atoms with Crippen molar-refractivity contribution in [2.24, 2.45) is 5.92 Å². The molecule has 124 valence electrons. The van der Waals surface area contributed by atoms with Crippen LogP contribution in [-0.4, -0.2) is 5.11 Å². The van der Waals surface area contributed by atoms with Crippen LogP contribution in [0.5, 0.6) is 5.75 Å². The topological polar surface area (TPSA) is 29.5 Å². The second-order valence-electron chi connectivity index (χ2n) is 6.31. The molecule has 2 aromatic carbocycles. The van der Waals surface area contributed by atoms with Crippen LogP contribution >= 0.6 is 0 Å². The molecule has 0 radical (unpaired) electrons. The average molecular weight is 312 g/mol. The Kier molecular flexibility index (Phi) is 6.23. The Labute approximate surface area is 140 Å². The highest BCUT2D eigenvalue weighted by Gasteiger charge is 2.19. The number of rotatable bonds is 7. The van der Waals surface area contributed by atoms with E-state index in [1.54, 1.807) is 0 Å². The first-order chi connectivity index (χ1) is 11.0. The summed E-state index contributed by atoms with van der Waals surface area (Å²) < 4.78 is 5.88. The molecule has 2 nitrogen and oxygen atoms in total. The Morgan fingerprint density at radius 3 is 2.17 bits per heavy atom. The van der Waals surface area contributed by atoms with Gasteiger partial charge in [-0.3, -0.25) is 0 Å². The standard InChI is InChI=1S/C21H28O2/c1-5-18(6-2)21(22)20-12-11-19(13-16(20)4)23-14-17-9-7-15(3)8-10-17/h7-13,18,21-22H,5-6,14H2,1-4H3. The largest absolute Gasteiger partial charge is 0.489 e. The van der Waals surface area contributed by atoms with Crippen molar-refractivity contribution in [3.05, 3.63) is 64.7 Å². The third-order valence-electron chi connectivity index (χ3n) is 4.58. The molecule has 0 aliphatic heterocycles. The molecule has 0 aliphatic carbocycles. The Bertz CT molecular complexity index is 612. The van der Waals surface area contributed by atoms with E-state index in [4.69, 9.17) is 4.74 Å². The minimum Gasteiger partial charge on any atom is -0.489 e. The quantitative estimate of drug-likeness (QED) is 0.746. The lowest BCUT2D eigenvalue weighted by Crippen LogP contribution is -2.12. The van der Waals surface area contributed by atoms with Crippen molar-refractivity contribution >= 4 is 0 Å². The SMILES string of the molecule is CCC(CC)C(O)c1ccc(OCc2ccc(C)cc2)cc1C. The Morgan fingerprint density at radius 2 is 1.61 bits per heavy atom. The molecule has 0 spiro atoms. The number of benzene rings is 2. The zero-order chi connectivity index (χ0) is 16.8. The van der Waals surface area contributed by atoms with Gasteiger partial charge in [0.05, 0.1) is 6.10 Å². The van der Waals surface area contributed by atoms with Gasteiger partial charge in [0.2, 0.25) is 0 Å². The summed E-state index contributed by atoms with van der Waals surface area (Å²) in [5.41, 5.74) is 4.52. The zero-order valence-corrected chi connectivity index (χ0v) is 14.7. The highest BCUT2D eigenvalue weighted by atomic mass is 16.5. The minimum absolute atomic E-state index is 0.313. The molecule has 0 heterocycles. The predicted molar refractivity (Wildman–Crippen MR) is 95.7 cm³/mol. The van der Waals surface area contributed by atoms with Crippen molar-refractivity contribution in [1.82, 2.24) is 0 Å². The van der Waals surface area contributed by atoms with E-state index in [0.29, 0.717) is 12.5 Å². The van der Waals surface area contributed by atoms with Crippen LogP contribution < -0.4 is 4.74 Å². The monoisotopic (exact) mass is 312 g/mol. The fourth-order valence-corrected chi connectivity index (χ4v) is 2.91. The van der Waals surface area contributed by atoms with Crippen molar-refractivity contribution in [2.45, 2.75) is 53.2 Å². The van der Waals surface area contributed by atoms with Crippen molar-refractivity contribution in [2.75, 3.05) is 0 Å².